The third-order valence-electron chi connectivity index (χ3n) is 2.03. The Morgan fingerprint density at radius 3 is 2.56 bits per heavy atom. The van der Waals surface area contributed by atoms with E-state index >= 15 is 0 Å². The van der Waals surface area contributed by atoms with Crippen LogP contribution in [0.4, 0.5) is 0 Å². The molecule has 0 radical (unpaired) electrons. The normalized spacial score (nSPS) is 12.2. The maximum atomic E-state index is 11.3. The molecule has 1 atom stereocenters. The zero-order chi connectivity index (χ0) is 12.0. The number of halogens is 1. The number of hydrogen-bond acceptors (Lipinski definition) is 3. The smallest absolute Gasteiger partial charge is 0.334 e. The number of carbonyl (C=O) groups is 1. The van der Waals surface area contributed by atoms with E-state index in [0.29, 0.717) is 18.2 Å². The molecule has 0 amide bonds. The second-order valence-corrected chi connectivity index (χ2v) is 3.77. The van der Waals surface area contributed by atoms with Crippen LogP contribution in [-0.4, -0.2) is 18.7 Å². The first-order valence-corrected chi connectivity index (χ1v) is 5.54. The van der Waals surface area contributed by atoms with Gasteiger partial charge in [-0.15, -0.1) is 0 Å². The summed E-state index contributed by atoms with van der Waals surface area (Å²) in [7, 11) is 0. The highest BCUT2D eigenvalue weighted by atomic mass is 35.5. The molecule has 3 nitrogen and oxygen atoms in total. The Hall–Kier alpha value is -1.06. The molecule has 1 aromatic rings. The molecule has 0 aliphatic heterocycles. The van der Waals surface area contributed by atoms with Crippen molar-refractivity contribution in [1.82, 2.24) is 0 Å². The number of benzene rings is 1. The van der Waals surface area contributed by atoms with E-state index in [-0.39, 0.29) is 5.97 Å². The van der Waals surface area contributed by atoms with Crippen molar-refractivity contribution in [3.05, 3.63) is 34.9 Å². The van der Waals surface area contributed by atoms with Crippen LogP contribution in [0.1, 0.15) is 19.4 Å². The first-order chi connectivity index (χ1) is 7.63. The molecule has 0 heterocycles. The number of carbonyl (C=O) groups excluding carboxylic acids is 1. The van der Waals surface area contributed by atoms with Crippen molar-refractivity contribution in [2.45, 2.75) is 26.6 Å². The van der Waals surface area contributed by atoms with Gasteiger partial charge < -0.3 is 9.47 Å². The van der Waals surface area contributed by atoms with Gasteiger partial charge in [0, 0.05) is 5.02 Å². The van der Waals surface area contributed by atoms with Crippen LogP contribution >= 0.6 is 11.6 Å². The van der Waals surface area contributed by atoms with Crippen molar-refractivity contribution in [3.8, 4) is 0 Å². The summed E-state index contributed by atoms with van der Waals surface area (Å²) < 4.78 is 10.2. The molecular formula is C12H15ClO3. The van der Waals surface area contributed by atoms with E-state index in [1.165, 1.54) is 0 Å². The Bertz CT molecular complexity index is 335. The van der Waals surface area contributed by atoms with Gasteiger partial charge in [-0.3, -0.25) is 0 Å². The largest absolute Gasteiger partial charge is 0.464 e. The molecule has 1 unspecified atom stereocenters. The van der Waals surface area contributed by atoms with Crippen LogP contribution < -0.4 is 0 Å². The summed E-state index contributed by atoms with van der Waals surface area (Å²) in [5.74, 6) is -0.337. The minimum atomic E-state index is -0.546. The fourth-order valence-electron chi connectivity index (χ4n) is 1.13. The van der Waals surface area contributed by atoms with E-state index in [2.05, 4.69) is 0 Å². The van der Waals surface area contributed by atoms with Gasteiger partial charge in [-0.2, -0.15) is 0 Å². The van der Waals surface area contributed by atoms with E-state index in [1.807, 2.05) is 12.1 Å². The van der Waals surface area contributed by atoms with E-state index in [1.54, 1.807) is 26.0 Å². The van der Waals surface area contributed by atoms with Gasteiger partial charge in [0.25, 0.3) is 0 Å². The summed E-state index contributed by atoms with van der Waals surface area (Å²) in [5, 5.41) is 0.683. The third-order valence-corrected chi connectivity index (χ3v) is 2.28. The second-order valence-electron chi connectivity index (χ2n) is 3.33. The number of rotatable bonds is 5. The molecule has 16 heavy (non-hydrogen) atoms. The molecule has 0 spiro atoms. The predicted octanol–water partition coefficient (Wildman–Crippen LogP) is 2.81. The minimum absolute atomic E-state index is 0.337. The topological polar surface area (TPSA) is 35.5 Å². The fraction of sp³-hybridized carbons (Fsp3) is 0.417. The summed E-state index contributed by atoms with van der Waals surface area (Å²) >= 11 is 5.75. The van der Waals surface area contributed by atoms with Crippen molar-refractivity contribution in [2.75, 3.05) is 6.61 Å². The lowest BCUT2D eigenvalue weighted by Gasteiger charge is -2.11. The lowest BCUT2D eigenvalue weighted by atomic mass is 10.2. The van der Waals surface area contributed by atoms with Gasteiger partial charge in [-0.05, 0) is 31.5 Å². The Balaban J connectivity index is 2.39. The van der Waals surface area contributed by atoms with Crippen molar-refractivity contribution < 1.29 is 14.3 Å². The van der Waals surface area contributed by atoms with E-state index in [9.17, 15) is 4.79 Å². The predicted molar refractivity (Wildman–Crippen MR) is 62.3 cm³/mol. The quantitative estimate of drug-likeness (QED) is 0.745. The maximum Gasteiger partial charge on any atom is 0.334 e. The highest BCUT2D eigenvalue weighted by molar-refractivity contribution is 6.30. The van der Waals surface area contributed by atoms with Gasteiger partial charge in [0.1, 0.15) is 0 Å². The van der Waals surface area contributed by atoms with Gasteiger partial charge in [0.15, 0.2) is 6.10 Å². The number of hydrogen-bond donors (Lipinski definition) is 0. The maximum absolute atomic E-state index is 11.3. The summed E-state index contributed by atoms with van der Waals surface area (Å²) in [6, 6.07) is 7.30. The van der Waals surface area contributed by atoms with Crippen LogP contribution in [-0.2, 0) is 20.9 Å². The lowest BCUT2D eigenvalue weighted by molar-refractivity contribution is -0.156. The monoisotopic (exact) mass is 242 g/mol. The Morgan fingerprint density at radius 2 is 2.00 bits per heavy atom. The summed E-state index contributed by atoms with van der Waals surface area (Å²) in [5.41, 5.74) is 0.973. The highest BCUT2D eigenvalue weighted by Gasteiger charge is 2.13. The summed E-state index contributed by atoms with van der Waals surface area (Å²) in [6.45, 7) is 4.18. The summed E-state index contributed by atoms with van der Waals surface area (Å²) in [4.78, 5) is 11.3. The van der Waals surface area contributed by atoms with Crippen LogP contribution in [0.25, 0.3) is 0 Å². The molecule has 0 aliphatic carbocycles. The molecule has 0 aliphatic rings. The first-order valence-electron chi connectivity index (χ1n) is 5.16. The molecule has 0 saturated carbocycles. The standard InChI is InChI=1S/C12H15ClO3/c1-3-15-12(14)9(2)16-8-10-4-6-11(13)7-5-10/h4-7,9H,3,8H2,1-2H3. The zero-order valence-electron chi connectivity index (χ0n) is 9.40. The third kappa shape index (κ3) is 4.21. The van der Waals surface area contributed by atoms with E-state index in [4.69, 9.17) is 21.1 Å². The van der Waals surface area contributed by atoms with Gasteiger partial charge in [0.2, 0.25) is 0 Å². The van der Waals surface area contributed by atoms with Crippen LogP contribution in [0.15, 0.2) is 24.3 Å². The molecule has 0 aromatic heterocycles. The SMILES string of the molecule is CCOC(=O)C(C)OCc1ccc(Cl)cc1. The van der Waals surface area contributed by atoms with E-state index in [0.717, 1.165) is 5.56 Å². The van der Waals surface area contributed by atoms with Gasteiger partial charge >= 0.3 is 5.97 Å². The van der Waals surface area contributed by atoms with Crippen molar-refractivity contribution in [1.29, 1.82) is 0 Å². The fourth-order valence-corrected chi connectivity index (χ4v) is 1.26. The molecule has 0 fully saturated rings. The van der Waals surface area contributed by atoms with Crippen LogP contribution in [0, 0.1) is 0 Å². The van der Waals surface area contributed by atoms with Gasteiger partial charge in [0.05, 0.1) is 13.2 Å². The zero-order valence-corrected chi connectivity index (χ0v) is 10.2. The second kappa shape index (κ2) is 6.51. The molecular weight excluding hydrogens is 228 g/mol. The Kier molecular flexibility index (Phi) is 5.29. The molecule has 1 aromatic carbocycles. The molecule has 1 rings (SSSR count). The number of esters is 1. The van der Waals surface area contributed by atoms with Crippen LogP contribution in [0.5, 0.6) is 0 Å². The average molecular weight is 243 g/mol. The lowest BCUT2D eigenvalue weighted by Crippen LogP contribution is -2.23. The molecule has 88 valence electrons. The van der Waals surface area contributed by atoms with Crippen LogP contribution in [0.2, 0.25) is 5.02 Å². The van der Waals surface area contributed by atoms with Gasteiger partial charge in [-0.25, -0.2) is 4.79 Å². The summed E-state index contributed by atoms with van der Waals surface area (Å²) in [6.07, 6.45) is -0.546. The Labute approximate surface area is 100 Å². The molecule has 0 N–H and O–H groups in total. The minimum Gasteiger partial charge on any atom is -0.464 e. The van der Waals surface area contributed by atoms with Crippen molar-refractivity contribution in [2.24, 2.45) is 0 Å². The molecule has 0 saturated heterocycles. The highest BCUT2D eigenvalue weighted by Crippen LogP contribution is 2.11. The Morgan fingerprint density at radius 1 is 1.38 bits per heavy atom. The number of ether oxygens (including phenoxy) is 2. The van der Waals surface area contributed by atoms with E-state index < -0.39 is 6.10 Å². The first kappa shape index (κ1) is 13.0. The van der Waals surface area contributed by atoms with Crippen molar-refractivity contribution in [3.63, 3.8) is 0 Å². The molecule has 4 heteroatoms. The van der Waals surface area contributed by atoms with Crippen molar-refractivity contribution >= 4 is 17.6 Å². The van der Waals surface area contributed by atoms with Gasteiger partial charge in [-0.1, -0.05) is 23.7 Å². The van der Waals surface area contributed by atoms with Crippen LogP contribution in [0.3, 0.4) is 0 Å². The average Bonchev–Trinajstić information content (AvgIpc) is 2.28. The molecule has 0 bridgehead atoms.